The molecule has 41 valence electrons. The maximum Gasteiger partial charge on any atom is 0.253 e. The summed E-state index contributed by atoms with van der Waals surface area (Å²) >= 11 is 1.55. The van der Waals surface area contributed by atoms with Gasteiger partial charge in [0.15, 0.2) is 0 Å². The monoisotopic (exact) mass is 126 g/mol. The van der Waals surface area contributed by atoms with Gasteiger partial charge in [-0.3, -0.25) is 9.79 Å². The molecule has 1 aliphatic heterocycles. The molecule has 1 rings (SSSR count). The van der Waals surface area contributed by atoms with Crippen LogP contribution in [0, 0.1) is 0 Å². The Labute approximate surface area is 51.7 Å². The number of rotatable bonds is 1. The number of aliphatic imine (C=N–C) groups is 1. The first-order valence-electron chi connectivity index (χ1n) is 2.16. The lowest BCUT2D eigenvalue weighted by Gasteiger charge is -1.94. The molecule has 0 amide bonds. The molecule has 0 bridgehead atoms. The first-order valence-corrected chi connectivity index (χ1v) is 3.21. The minimum Gasteiger partial charge on any atom is -0.283 e. The van der Waals surface area contributed by atoms with E-state index in [1.54, 1.807) is 29.7 Å². The molecule has 0 atom stereocenters. The fourth-order valence-corrected chi connectivity index (χ4v) is 0.910. The highest BCUT2D eigenvalue weighted by Gasteiger charge is 1.94. The van der Waals surface area contributed by atoms with Gasteiger partial charge < -0.3 is 0 Å². The predicted octanol–water partition coefficient (Wildman–Crippen LogP) is 0.755. The quantitative estimate of drug-likeness (QED) is 0.519. The lowest BCUT2D eigenvalue weighted by atomic mass is 10.6. The van der Waals surface area contributed by atoms with Crippen molar-refractivity contribution in [1.82, 2.24) is 0 Å². The summed E-state index contributed by atoms with van der Waals surface area (Å²) in [6, 6.07) is 0. The first kappa shape index (κ1) is 5.56. The van der Waals surface area contributed by atoms with E-state index in [-0.39, 0.29) is 0 Å². The van der Waals surface area contributed by atoms with Crippen LogP contribution in [0.4, 0.5) is 0 Å². The van der Waals surface area contributed by atoms with Crippen molar-refractivity contribution in [3.63, 3.8) is 0 Å². The van der Waals surface area contributed by atoms with Gasteiger partial charge in [0.2, 0.25) is 0 Å². The van der Waals surface area contributed by atoms with Crippen molar-refractivity contribution in [2.24, 2.45) is 4.99 Å². The van der Waals surface area contributed by atoms with Gasteiger partial charge in [-0.1, -0.05) is 0 Å². The Morgan fingerprint density at radius 3 is 3.12 bits per heavy atom. The second kappa shape index (κ2) is 2.67. The topological polar surface area (TPSA) is 29.4 Å². The average molecular weight is 126 g/mol. The van der Waals surface area contributed by atoms with E-state index in [1.165, 1.54) is 0 Å². The van der Waals surface area contributed by atoms with Crippen LogP contribution in [0.5, 0.6) is 0 Å². The fourth-order valence-electron chi connectivity index (χ4n) is 0.387. The Morgan fingerprint density at radius 1 is 1.88 bits per heavy atom. The van der Waals surface area contributed by atoms with Gasteiger partial charge in [-0.2, -0.15) is 0 Å². The number of nitrogens with zero attached hydrogens (tertiary/aromatic N) is 1. The maximum atomic E-state index is 9.84. The highest BCUT2D eigenvalue weighted by molar-refractivity contribution is 8.02. The van der Waals surface area contributed by atoms with E-state index in [0.29, 0.717) is 5.70 Å². The molecule has 1 radical (unpaired) electrons. The second-order valence-corrected chi connectivity index (χ2v) is 2.15. The van der Waals surface area contributed by atoms with Crippen LogP contribution < -0.4 is 0 Å². The number of thioether (sulfide) groups is 1. The Hall–Kier alpha value is -0.570. The van der Waals surface area contributed by atoms with Crippen molar-refractivity contribution in [3.05, 3.63) is 11.1 Å². The summed E-state index contributed by atoms with van der Waals surface area (Å²) in [5.41, 5.74) is 0.404. The van der Waals surface area contributed by atoms with Crippen molar-refractivity contribution in [2.45, 2.75) is 0 Å². The molecule has 8 heavy (non-hydrogen) atoms. The average Bonchev–Trinajstić information content (AvgIpc) is 1.90. The summed E-state index contributed by atoms with van der Waals surface area (Å²) in [4.78, 5) is 13.6. The molecule has 1 aliphatic rings. The predicted molar refractivity (Wildman–Crippen MR) is 34.7 cm³/mol. The van der Waals surface area contributed by atoms with Crippen LogP contribution in [-0.4, -0.2) is 18.3 Å². The van der Waals surface area contributed by atoms with Crippen molar-refractivity contribution in [3.8, 4) is 0 Å². The third-order valence-corrected chi connectivity index (χ3v) is 1.43. The van der Waals surface area contributed by atoms with Crippen LogP contribution in [0.3, 0.4) is 0 Å². The van der Waals surface area contributed by atoms with Gasteiger partial charge in [0, 0.05) is 17.4 Å². The van der Waals surface area contributed by atoms with Gasteiger partial charge in [-0.05, 0) is 0 Å². The maximum absolute atomic E-state index is 9.84. The normalized spacial score (nSPS) is 17.8. The van der Waals surface area contributed by atoms with E-state index in [9.17, 15) is 4.79 Å². The van der Waals surface area contributed by atoms with E-state index in [1.807, 2.05) is 0 Å². The largest absolute Gasteiger partial charge is 0.283 e. The SMILES string of the molecule is O=[C]C1=CSCC=N1. The van der Waals surface area contributed by atoms with Gasteiger partial charge in [-0.15, -0.1) is 11.8 Å². The highest BCUT2D eigenvalue weighted by Crippen LogP contribution is 2.09. The van der Waals surface area contributed by atoms with Crippen molar-refractivity contribution < 1.29 is 4.79 Å². The molecule has 0 saturated heterocycles. The van der Waals surface area contributed by atoms with Crippen LogP contribution >= 0.6 is 11.8 Å². The minimum atomic E-state index is 0.404. The summed E-state index contributed by atoms with van der Waals surface area (Å²) in [6.45, 7) is 0. The van der Waals surface area contributed by atoms with Crippen LogP contribution in [0.2, 0.25) is 0 Å². The van der Waals surface area contributed by atoms with E-state index >= 15 is 0 Å². The van der Waals surface area contributed by atoms with E-state index in [0.717, 1.165) is 5.75 Å². The van der Waals surface area contributed by atoms with Gasteiger partial charge in [-0.25, -0.2) is 0 Å². The molecule has 0 spiro atoms. The van der Waals surface area contributed by atoms with Crippen LogP contribution in [0.15, 0.2) is 16.1 Å². The van der Waals surface area contributed by atoms with Gasteiger partial charge in [0.05, 0.1) is 0 Å². The zero-order valence-corrected chi connectivity index (χ0v) is 4.94. The molecule has 0 aliphatic carbocycles. The molecule has 0 N–H and O–H groups in total. The van der Waals surface area contributed by atoms with Crippen molar-refractivity contribution in [2.75, 3.05) is 5.75 Å². The smallest absolute Gasteiger partial charge is 0.253 e. The van der Waals surface area contributed by atoms with Crippen molar-refractivity contribution in [1.29, 1.82) is 0 Å². The zero-order chi connectivity index (χ0) is 5.82. The van der Waals surface area contributed by atoms with Gasteiger partial charge in [0.1, 0.15) is 5.70 Å². The number of hydrogen-bond acceptors (Lipinski definition) is 3. The third kappa shape index (κ3) is 1.20. The first-order chi connectivity index (χ1) is 3.93. The minimum absolute atomic E-state index is 0.404. The third-order valence-electron chi connectivity index (χ3n) is 0.701. The molecule has 0 aromatic heterocycles. The summed E-state index contributed by atoms with van der Waals surface area (Å²) in [5.74, 6) is 0.866. The Morgan fingerprint density at radius 2 is 2.75 bits per heavy atom. The zero-order valence-electron chi connectivity index (χ0n) is 4.13. The van der Waals surface area contributed by atoms with Gasteiger partial charge in [0.25, 0.3) is 6.29 Å². The summed E-state index contributed by atoms with van der Waals surface area (Å²) in [7, 11) is 0. The summed E-state index contributed by atoms with van der Waals surface area (Å²) in [6.07, 6.45) is 3.40. The van der Waals surface area contributed by atoms with Crippen LogP contribution in [0.1, 0.15) is 0 Å². The number of allylic oxidation sites excluding steroid dienone is 1. The summed E-state index contributed by atoms with van der Waals surface area (Å²) in [5, 5.41) is 1.70. The molecule has 0 aromatic carbocycles. The molecular formula is C5H4NOS. The van der Waals surface area contributed by atoms with E-state index in [2.05, 4.69) is 4.99 Å². The van der Waals surface area contributed by atoms with E-state index < -0.39 is 0 Å². The number of hydrogen-bond donors (Lipinski definition) is 0. The van der Waals surface area contributed by atoms with Gasteiger partial charge >= 0.3 is 0 Å². The van der Waals surface area contributed by atoms with Crippen molar-refractivity contribution >= 4 is 24.3 Å². The van der Waals surface area contributed by atoms with Crippen LogP contribution in [-0.2, 0) is 4.79 Å². The van der Waals surface area contributed by atoms with E-state index in [4.69, 9.17) is 0 Å². The molecule has 0 aromatic rings. The fraction of sp³-hybridized carbons (Fsp3) is 0.200. The lowest BCUT2D eigenvalue weighted by molar-refractivity contribution is 0.561. The molecule has 3 heteroatoms. The highest BCUT2D eigenvalue weighted by atomic mass is 32.2. The lowest BCUT2D eigenvalue weighted by Crippen LogP contribution is -1.88. The Bertz CT molecular complexity index is 151. The second-order valence-electron chi connectivity index (χ2n) is 1.25. The molecule has 2 nitrogen and oxygen atoms in total. The summed E-state index contributed by atoms with van der Waals surface area (Å²) < 4.78 is 0. The molecule has 1 heterocycles. The molecule has 0 unspecified atom stereocenters. The standard InChI is InChI=1S/C5H4NOS/c7-3-5-4-8-2-1-6-5/h1,4H,2H2. The van der Waals surface area contributed by atoms with Crippen LogP contribution in [0.25, 0.3) is 0 Å². The Kier molecular flexibility index (Phi) is 1.86. The molecular weight excluding hydrogens is 122 g/mol. The number of carbonyl (C=O) groups excluding carboxylic acids is 1. The molecule has 0 fully saturated rings. The Balaban J connectivity index is 2.64. The molecule has 0 saturated carbocycles.